The molecule has 24 heteroatoms. The lowest BCUT2D eigenvalue weighted by molar-refractivity contribution is -0.437. The Kier molecular flexibility index (Phi) is 15.2. The van der Waals surface area contributed by atoms with E-state index in [2.05, 4.69) is 0 Å². The number of unbranched alkanes of at least 4 members (excludes halogenated alkanes) is 2. The van der Waals surface area contributed by atoms with Crippen LogP contribution < -0.4 is 4.90 Å². The zero-order chi connectivity index (χ0) is 50.3. The van der Waals surface area contributed by atoms with Crippen molar-refractivity contribution in [1.82, 2.24) is 0 Å². The molecule has 19 nitrogen and oxygen atoms in total. The van der Waals surface area contributed by atoms with Crippen LogP contribution in [0.3, 0.4) is 0 Å². The molecule has 6 rings (SSSR count). The van der Waals surface area contributed by atoms with Crippen LogP contribution in [0.4, 0.5) is 11.4 Å². The van der Waals surface area contributed by atoms with Gasteiger partial charge in [-0.3, -0.25) is 23.0 Å². The van der Waals surface area contributed by atoms with Crippen molar-refractivity contribution in [3.8, 4) is 0 Å². The topological polar surface area (TPSA) is 307 Å². The second-order valence-electron chi connectivity index (χ2n) is 17.3. The molecule has 0 aromatic heterocycles. The second kappa shape index (κ2) is 19.6. The zero-order valence-corrected chi connectivity index (χ0v) is 41.3. The Bertz CT molecular complexity index is 3350. The Morgan fingerprint density at radius 3 is 2.00 bits per heavy atom. The van der Waals surface area contributed by atoms with Crippen LogP contribution in [0.15, 0.2) is 93.2 Å². The van der Waals surface area contributed by atoms with Crippen LogP contribution in [-0.2, 0) is 71.0 Å². The smallest absolute Gasteiger partial charge is 0.295 e. The normalized spacial score (nSPS) is 19.7. The molecule has 0 fully saturated rings. The number of rotatable bonds is 22. The Morgan fingerprint density at radius 1 is 0.706 bits per heavy atom. The minimum Gasteiger partial charge on any atom is -0.748 e. The van der Waals surface area contributed by atoms with Crippen molar-refractivity contribution in [2.75, 3.05) is 36.1 Å². The summed E-state index contributed by atoms with van der Waals surface area (Å²) in [6.07, 6.45) is 7.70. The van der Waals surface area contributed by atoms with Crippen molar-refractivity contribution < 1.29 is 79.0 Å². The molecule has 0 saturated carbocycles. The van der Waals surface area contributed by atoms with Crippen molar-refractivity contribution in [1.29, 1.82) is 0 Å². The molecule has 0 radical (unpaired) electrons. The fraction of sp³-hybridized carbons (Fsp3) is 0.409. The summed E-state index contributed by atoms with van der Waals surface area (Å²) in [6, 6.07) is 12.4. The number of anilines is 1. The number of benzene rings is 4. The van der Waals surface area contributed by atoms with E-state index < -0.39 is 82.7 Å². The van der Waals surface area contributed by atoms with E-state index >= 15 is 0 Å². The van der Waals surface area contributed by atoms with Gasteiger partial charge < -0.3 is 14.2 Å². The fourth-order valence-electron chi connectivity index (χ4n) is 9.85. The van der Waals surface area contributed by atoms with Crippen LogP contribution in [0, 0.1) is 0 Å². The molecule has 0 spiro atoms. The van der Waals surface area contributed by atoms with Gasteiger partial charge in [0.2, 0.25) is 5.69 Å². The zero-order valence-electron chi connectivity index (χ0n) is 37.2. The fourth-order valence-corrected chi connectivity index (χ4v) is 12.7. The molecule has 4 aromatic rings. The van der Waals surface area contributed by atoms with E-state index in [1.165, 1.54) is 24.3 Å². The molecule has 0 aliphatic carbocycles. The van der Waals surface area contributed by atoms with Crippen molar-refractivity contribution >= 4 is 95.7 Å². The lowest BCUT2D eigenvalue weighted by atomic mass is 9.74. The summed E-state index contributed by atoms with van der Waals surface area (Å²) in [5, 5.41) is 1.08. The molecule has 2 atom stereocenters. The van der Waals surface area contributed by atoms with Gasteiger partial charge in [-0.2, -0.15) is 38.2 Å². The van der Waals surface area contributed by atoms with Crippen LogP contribution in [-0.4, -0.2) is 113 Å². The number of fused-ring (bicyclic) bond motifs is 6. The highest BCUT2D eigenvalue weighted by atomic mass is 32.2. The molecular weight excluding hydrogens is 989 g/mol. The molecule has 0 bridgehead atoms. The summed E-state index contributed by atoms with van der Waals surface area (Å²) >= 11 is 0. The van der Waals surface area contributed by atoms with Gasteiger partial charge in [0.15, 0.2) is 5.71 Å². The first-order valence-corrected chi connectivity index (χ1v) is 28.9. The van der Waals surface area contributed by atoms with Crippen LogP contribution in [0.2, 0.25) is 0 Å². The van der Waals surface area contributed by atoms with E-state index in [0.29, 0.717) is 89.3 Å². The van der Waals surface area contributed by atoms with Crippen LogP contribution >= 0.6 is 0 Å². The summed E-state index contributed by atoms with van der Waals surface area (Å²) in [5.41, 5.74) is 1.01. The van der Waals surface area contributed by atoms with Gasteiger partial charge in [0.1, 0.15) is 11.4 Å². The van der Waals surface area contributed by atoms with Gasteiger partial charge >= 0.3 is 0 Å². The van der Waals surface area contributed by atoms with E-state index in [0.717, 1.165) is 6.07 Å². The van der Waals surface area contributed by atoms with Crippen molar-refractivity contribution in [2.45, 2.75) is 97.7 Å². The first-order chi connectivity index (χ1) is 31.5. The van der Waals surface area contributed by atoms with Gasteiger partial charge in [-0.25, -0.2) is 8.42 Å². The highest BCUT2D eigenvalue weighted by molar-refractivity contribution is 7.87. The number of carbonyl (C=O) groups excluding carboxylic acids is 1. The van der Waals surface area contributed by atoms with Gasteiger partial charge in [0.25, 0.3) is 46.9 Å². The molecule has 0 saturated heterocycles. The number of nitrogens with zero attached hydrogens (tertiary/aromatic N) is 2. The molecule has 2 heterocycles. The SMILES string of the molecule is CCCC1(C)C(/C=C/C=C2/N(CCCS(=O)(=O)O)c3ccc4c(S(=O)(=O)O)cc(S(=O)(=O)O)cc4c3C2(C)CCCCCOC=O)=[N+](CCCS(=O)(=O)[O-])c2ccc3ccc(S(=O)(=O)O)cc3c21. The predicted octanol–water partition coefficient (Wildman–Crippen LogP) is 6.05. The largest absolute Gasteiger partial charge is 0.748 e. The van der Waals surface area contributed by atoms with Gasteiger partial charge in [-0.1, -0.05) is 44.4 Å². The predicted molar refractivity (Wildman–Crippen MR) is 252 cm³/mol. The summed E-state index contributed by atoms with van der Waals surface area (Å²) < 4.78 is 182. The maximum absolute atomic E-state index is 12.8. The molecule has 2 unspecified atom stereocenters. The van der Waals surface area contributed by atoms with E-state index in [4.69, 9.17) is 4.74 Å². The third-order valence-corrected chi connectivity index (χ3v) is 16.8. The first kappa shape index (κ1) is 52.7. The van der Waals surface area contributed by atoms with Gasteiger partial charge in [0, 0.05) is 58.6 Å². The number of ether oxygens (including phenoxy) is 1. The van der Waals surface area contributed by atoms with Gasteiger partial charge in [-0.05, 0) is 104 Å². The average Bonchev–Trinajstić information content (AvgIpc) is 3.60. The second-order valence-corrected chi connectivity index (χ2v) is 24.6. The number of hydrogen-bond donors (Lipinski definition) is 4. The lowest BCUT2D eigenvalue weighted by Gasteiger charge is -2.31. The van der Waals surface area contributed by atoms with Crippen LogP contribution in [0.5, 0.6) is 0 Å². The summed E-state index contributed by atoms with van der Waals surface area (Å²) in [4.78, 5) is 10.6. The van der Waals surface area contributed by atoms with E-state index in [-0.39, 0.29) is 54.6 Å². The first-order valence-electron chi connectivity index (χ1n) is 21.4. The third-order valence-electron chi connectivity index (χ3n) is 12.6. The highest BCUT2D eigenvalue weighted by Gasteiger charge is 2.49. The number of allylic oxidation sites excluding steroid dienone is 4. The lowest BCUT2D eigenvalue weighted by Crippen LogP contribution is -2.32. The molecule has 4 aromatic carbocycles. The molecule has 0 amide bonds. The minimum atomic E-state index is -5.11. The van der Waals surface area contributed by atoms with E-state index in [1.807, 2.05) is 18.4 Å². The summed E-state index contributed by atoms with van der Waals surface area (Å²) in [6.45, 7) is 6.08. The summed E-state index contributed by atoms with van der Waals surface area (Å²) in [7, 11) is -23.9. The molecule has 2 aliphatic rings. The molecule has 2 aliphatic heterocycles. The third kappa shape index (κ3) is 11.2. The monoisotopic (exact) mass is 1040 g/mol. The van der Waals surface area contributed by atoms with Gasteiger partial charge in [-0.15, -0.1) is 0 Å². The van der Waals surface area contributed by atoms with Crippen LogP contribution in [0.25, 0.3) is 21.5 Å². The van der Waals surface area contributed by atoms with E-state index in [1.54, 1.807) is 48.3 Å². The maximum atomic E-state index is 12.8. The Balaban J connectivity index is 1.63. The molecular formula is C44H52N2O17S5. The molecule has 4 N–H and O–H groups in total. The number of hydrogen-bond acceptors (Lipinski definition) is 14. The Labute approximate surface area is 396 Å². The van der Waals surface area contributed by atoms with Crippen molar-refractivity contribution in [2.24, 2.45) is 0 Å². The van der Waals surface area contributed by atoms with Crippen molar-refractivity contribution in [3.63, 3.8) is 0 Å². The minimum absolute atomic E-state index is 0.0241. The average molecular weight is 1040 g/mol. The standard InChI is InChI=1S/C44H52N2O17S5/c1-4-19-43(2)39(45(21-9-24-64(48,49)50)36-17-14-30-13-15-31(66(54,55)56)26-34(30)41(36)43)11-8-12-40-44(3,20-6-5-7-23-63-29-47)42-35-27-32(67(57,58)59)28-38(68(60,61)62)33(35)16-18-37(42)46(40)22-10-25-65(51,52)53/h8,11-18,26-29H,4-7,9-10,19-25H2,1-3H3,(H4-,48,49,50,51,52,53,54,55,56,57,58,59,60,61,62). The van der Waals surface area contributed by atoms with Crippen molar-refractivity contribution in [3.05, 3.63) is 89.6 Å². The Hall–Kier alpha value is -4.63. The van der Waals surface area contributed by atoms with Crippen LogP contribution in [0.1, 0.15) is 83.3 Å². The quantitative estimate of drug-likeness (QED) is 0.0301. The summed E-state index contributed by atoms with van der Waals surface area (Å²) in [5.74, 6) is -1.34. The van der Waals surface area contributed by atoms with Gasteiger partial charge in [0.05, 0.1) is 37.7 Å². The molecule has 68 heavy (non-hydrogen) atoms. The highest BCUT2D eigenvalue weighted by Crippen LogP contribution is 2.55. The van der Waals surface area contributed by atoms with E-state index in [9.17, 15) is 69.6 Å². The maximum Gasteiger partial charge on any atom is 0.295 e. The molecule has 370 valence electrons. The number of carbonyl (C=O) groups is 1. The Morgan fingerprint density at radius 2 is 1.38 bits per heavy atom.